The zero-order valence-corrected chi connectivity index (χ0v) is 16.8. The first-order valence-corrected chi connectivity index (χ1v) is 9.91. The van der Waals surface area contributed by atoms with Gasteiger partial charge in [-0.3, -0.25) is 9.69 Å². The Bertz CT molecular complexity index is 891. The summed E-state index contributed by atoms with van der Waals surface area (Å²) in [5.74, 6) is 1.18. The van der Waals surface area contributed by atoms with E-state index in [4.69, 9.17) is 16.3 Å². The van der Waals surface area contributed by atoms with Crippen LogP contribution >= 0.6 is 11.6 Å². The maximum Gasteiger partial charge on any atom is 0.219 e. The van der Waals surface area contributed by atoms with Crippen LogP contribution in [-0.4, -0.2) is 42.5 Å². The smallest absolute Gasteiger partial charge is 0.219 e. The fourth-order valence-corrected chi connectivity index (χ4v) is 4.96. The van der Waals surface area contributed by atoms with E-state index in [0.29, 0.717) is 22.6 Å². The molecule has 2 fully saturated rings. The third-order valence-corrected chi connectivity index (χ3v) is 6.27. The highest BCUT2D eigenvalue weighted by Crippen LogP contribution is 2.45. The molecule has 2 aromatic rings. The van der Waals surface area contributed by atoms with Crippen molar-refractivity contribution in [1.29, 1.82) is 0 Å². The number of hydrogen-bond acceptors (Lipinski definition) is 3. The normalized spacial score (nSPS) is 24.4. The number of methoxy groups -OCH3 is 1. The highest BCUT2D eigenvalue weighted by Gasteiger charge is 2.48. The van der Waals surface area contributed by atoms with Crippen molar-refractivity contribution in [1.82, 2.24) is 9.80 Å². The highest BCUT2D eigenvalue weighted by atomic mass is 35.5. The number of carbonyl (C=O) groups excluding carboxylic acids is 1. The second-order valence-electron chi connectivity index (χ2n) is 7.76. The molecule has 4 nitrogen and oxygen atoms in total. The first-order valence-electron chi connectivity index (χ1n) is 9.53. The minimum atomic E-state index is -0.257. The Morgan fingerprint density at radius 1 is 1.21 bits per heavy atom. The predicted molar refractivity (Wildman–Crippen MR) is 107 cm³/mol. The molecule has 0 spiro atoms. The van der Waals surface area contributed by atoms with Gasteiger partial charge < -0.3 is 9.64 Å². The zero-order valence-electron chi connectivity index (χ0n) is 16.1. The molecule has 0 bridgehead atoms. The molecular formula is C22H24ClFN2O2. The van der Waals surface area contributed by atoms with Gasteiger partial charge in [-0.1, -0.05) is 29.8 Å². The van der Waals surface area contributed by atoms with Crippen LogP contribution in [0.2, 0.25) is 5.02 Å². The highest BCUT2D eigenvalue weighted by molar-refractivity contribution is 6.32. The average molecular weight is 403 g/mol. The van der Waals surface area contributed by atoms with Crippen LogP contribution in [0.1, 0.15) is 24.1 Å². The Morgan fingerprint density at radius 2 is 2.04 bits per heavy atom. The number of rotatable bonds is 4. The van der Waals surface area contributed by atoms with Gasteiger partial charge in [-0.15, -0.1) is 0 Å². The molecule has 6 heteroatoms. The second-order valence-corrected chi connectivity index (χ2v) is 8.17. The van der Waals surface area contributed by atoms with Crippen LogP contribution in [0.25, 0.3) is 0 Å². The van der Waals surface area contributed by atoms with Gasteiger partial charge in [0.25, 0.3) is 0 Å². The number of hydrogen-bond donors (Lipinski definition) is 0. The molecule has 148 valence electrons. The van der Waals surface area contributed by atoms with Crippen molar-refractivity contribution >= 4 is 17.5 Å². The summed E-state index contributed by atoms with van der Waals surface area (Å²) in [5, 5.41) is 0.604. The lowest BCUT2D eigenvalue weighted by atomic mass is 9.89. The topological polar surface area (TPSA) is 32.8 Å². The van der Waals surface area contributed by atoms with Gasteiger partial charge in [0.2, 0.25) is 5.91 Å². The lowest BCUT2D eigenvalue weighted by Gasteiger charge is -2.29. The van der Waals surface area contributed by atoms with E-state index in [1.165, 1.54) is 6.07 Å². The van der Waals surface area contributed by atoms with Crippen LogP contribution in [0, 0.1) is 17.7 Å². The summed E-state index contributed by atoms with van der Waals surface area (Å²) in [7, 11) is 1.62. The molecule has 0 saturated carbocycles. The van der Waals surface area contributed by atoms with Crippen LogP contribution in [0.4, 0.5) is 4.39 Å². The quantitative estimate of drug-likeness (QED) is 0.770. The Balaban J connectivity index is 1.54. The van der Waals surface area contributed by atoms with Gasteiger partial charge in [-0.05, 0) is 41.3 Å². The van der Waals surface area contributed by atoms with Gasteiger partial charge in [-0.25, -0.2) is 4.39 Å². The molecular weight excluding hydrogens is 379 g/mol. The van der Waals surface area contributed by atoms with Gasteiger partial charge in [0.05, 0.1) is 18.2 Å². The number of halogens is 2. The number of fused-ring (bicyclic) bond motifs is 1. The van der Waals surface area contributed by atoms with Crippen molar-refractivity contribution in [3.05, 3.63) is 64.4 Å². The van der Waals surface area contributed by atoms with E-state index in [1.807, 2.05) is 29.2 Å². The fraction of sp³-hybridized carbons (Fsp3) is 0.409. The molecule has 0 N–H and O–H groups in total. The third kappa shape index (κ3) is 3.61. The van der Waals surface area contributed by atoms with Crippen LogP contribution in [0.15, 0.2) is 42.5 Å². The summed E-state index contributed by atoms with van der Waals surface area (Å²) in [6.45, 7) is 4.93. The van der Waals surface area contributed by atoms with Crippen molar-refractivity contribution in [3.8, 4) is 5.75 Å². The van der Waals surface area contributed by atoms with Crippen LogP contribution < -0.4 is 4.74 Å². The van der Waals surface area contributed by atoms with E-state index in [1.54, 1.807) is 26.2 Å². The van der Waals surface area contributed by atoms with Crippen molar-refractivity contribution < 1.29 is 13.9 Å². The molecule has 2 heterocycles. The van der Waals surface area contributed by atoms with E-state index < -0.39 is 0 Å². The Labute approximate surface area is 169 Å². The first kappa shape index (κ1) is 19.2. The summed E-state index contributed by atoms with van der Waals surface area (Å²) in [5.41, 5.74) is 2.03. The zero-order chi connectivity index (χ0) is 19.8. The van der Waals surface area contributed by atoms with Crippen LogP contribution in [0.5, 0.6) is 5.75 Å². The fourth-order valence-electron chi connectivity index (χ4n) is 4.77. The van der Waals surface area contributed by atoms with Crippen LogP contribution in [0.3, 0.4) is 0 Å². The molecule has 1 amide bonds. The van der Waals surface area contributed by atoms with Gasteiger partial charge in [0.15, 0.2) is 0 Å². The molecule has 2 saturated heterocycles. The van der Waals surface area contributed by atoms with Gasteiger partial charge in [0, 0.05) is 39.0 Å². The average Bonchev–Trinajstić information content (AvgIpc) is 3.20. The van der Waals surface area contributed by atoms with Crippen molar-refractivity contribution in [3.63, 3.8) is 0 Å². The summed E-state index contributed by atoms with van der Waals surface area (Å²) >= 11 is 6.13. The molecule has 2 aliphatic heterocycles. The van der Waals surface area contributed by atoms with E-state index in [9.17, 15) is 9.18 Å². The van der Waals surface area contributed by atoms with Gasteiger partial charge >= 0.3 is 0 Å². The maximum atomic E-state index is 13.8. The first-order chi connectivity index (χ1) is 13.5. The molecule has 0 radical (unpaired) electrons. The molecule has 2 aliphatic rings. The largest absolute Gasteiger partial charge is 0.495 e. The van der Waals surface area contributed by atoms with Crippen molar-refractivity contribution in [2.75, 3.05) is 26.7 Å². The van der Waals surface area contributed by atoms with Gasteiger partial charge in [0.1, 0.15) is 11.6 Å². The summed E-state index contributed by atoms with van der Waals surface area (Å²) < 4.78 is 19.1. The minimum Gasteiger partial charge on any atom is -0.495 e. The minimum absolute atomic E-state index is 0.0534. The Hall–Kier alpha value is -2.11. The molecule has 2 aromatic carbocycles. The lowest BCUT2D eigenvalue weighted by molar-refractivity contribution is -0.130. The third-order valence-electron chi connectivity index (χ3n) is 5.96. The standard InChI is InChI=1S/C22H24ClFN2O2/c1-14(27)26-12-17-11-25(10-15-6-7-20(23)21(8-15)28-2)13-19(17)22(26)16-4-3-5-18(24)9-16/h3-9,17,19,22H,10-13H2,1-2H3/t17-,19-,22-/m1/s1. The Kier molecular flexibility index (Phi) is 5.30. The molecule has 0 aliphatic carbocycles. The van der Waals surface area contributed by atoms with Gasteiger partial charge in [-0.2, -0.15) is 0 Å². The van der Waals surface area contributed by atoms with E-state index in [2.05, 4.69) is 4.90 Å². The molecule has 28 heavy (non-hydrogen) atoms. The van der Waals surface area contributed by atoms with E-state index in [-0.39, 0.29) is 17.8 Å². The summed E-state index contributed by atoms with van der Waals surface area (Å²) in [4.78, 5) is 16.5. The number of benzene rings is 2. The van der Waals surface area contributed by atoms with Crippen molar-refractivity contribution in [2.24, 2.45) is 11.8 Å². The number of likely N-dealkylation sites (tertiary alicyclic amines) is 2. The van der Waals surface area contributed by atoms with Crippen molar-refractivity contribution in [2.45, 2.75) is 19.5 Å². The Morgan fingerprint density at radius 3 is 2.75 bits per heavy atom. The monoisotopic (exact) mass is 402 g/mol. The number of carbonyl (C=O) groups is 1. The predicted octanol–water partition coefficient (Wildman–Crippen LogP) is 4.14. The SMILES string of the molecule is COc1cc(CN2C[C@@H]3CN(C(C)=O)[C@H](c4cccc(F)c4)[C@@H]3C2)ccc1Cl. The van der Waals surface area contributed by atoms with E-state index >= 15 is 0 Å². The molecule has 0 unspecified atom stereocenters. The maximum absolute atomic E-state index is 13.8. The molecule has 3 atom stereocenters. The number of nitrogens with zero attached hydrogens (tertiary/aromatic N) is 2. The number of ether oxygens (including phenoxy) is 1. The molecule has 4 rings (SSSR count). The summed E-state index contributed by atoms with van der Waals surface area (Å²) in [6.07, 6.45) is 0. The second kappa shape index (κ2) is 7.72. The molecule has 0 aromatic heterocycles. The number of amides is 1. The van der Waals surface area contributed by atoms with E-state index in [0.717, 1.165) is 37.3 Å². The summed E-state index contributed by atoms with van der Waals surface area (Å²) in [6, 6.07) is 12.5. The van der Waals surface area contributed by atoms with Crippen LogP contribution in [-0.2, 0) is 11.3 Å². The lowest BCUT2D eigenvalue weighted by Crippen LogP contribution is -2.34.